The summed E-state index contributed by atoms with van der Waals surface area (Å²) in [4.78, 5) is 34.9. The first-order valence-corrected chi connectivity index (χ1v) is 11.9. The van der Waals surface area contributed by atoms with Gasteiger partial charge in [-0.3, -0.25) is 14.5 Å². The van der Waals surface area contributed by atoms with Crippen LogP contribution < -0.4 is 11.1 Å². The number of amides is 2. The van der Waals surface area contributed by atoms with Crippen molar-refractivity contribution in [2.45, 2.75) is 62.5 Å². The van der Waals surface area contributed by atoms with E-state index in [2.05, 4.69) is 15.3 Å². The fourth-order valence-electron chi connectivity index (χ4n) is 4.71. The summed E-state index contributed by atoms with van der Waals surface area (Å²) in [6.45, 7) is -1.40. The number of aromatic nitrogens is 2. The monoisotopic (exact) mass is 562 g/mol. The molecule has 9 nitrogen and oxygen atoms in total. The summed E-state index contributed by atoms with van der Waals surface area (Å²) >= 11 is 6.49. The Morgan fingerprint density at radius 3 is 2.74 bits per heavy atom. The molecule has 3 unspecified atom stereocenters. The molecule has 4 rings (SSSR count). The lowest BCUT2D eigenvalue weighted by Gasteiger charge is -2.41. The molecule has 3 N–H and O–H groups in total. The Bertz CT molecular complexity index is 1250. The van der Waals surface area contributed by atoms with E-state index in [1.165, 1.54) is 24.1 Å². The van der Waals surface area contributed by atoms with Crippen LogP contribution in [0.25, 0.3) is 0 Å². The second-order valence-electron chi connectivity index (χ2n) is 9.07. The SMILES string of the molecule is COC1CC(N2C(=O)CC(c3cccc(NC(=O)c4cncn4CC(F)(F)F)c3Cl)N=C2N)CCC1(F)F. The van der Waals surface area contributed by atoms with Crippen molar-refractivity contribution in [2.75, 3.05) is 12.4 Å². The maximum Gasteiger partial charge on any atom is 0.406 e. The van der Waals surface area contributed by atoms with E-state index < -0.39 is 55.1 Å². The van der Waals surface area contributed by atoms with E-state index >= 15 is 0 Å². The average Bonchev–Trinajstić information content (AvgIpc) is 3.27. The number of alkyl halides is 5. The third-order valence-electron chi connectivity index (χ3n) is 6.52. The van der Waals surface area contributed by atoms with Gasteiger partial charge in [0.1, 0.15) is 18.3 Å². The topological polar surface area (TPSA) is 115 Å². The van der Waals surface area contributed by atoms with Crippen LogP contribution in [0.15, 0.2) is 35.7 Å². The van der Waals surface area contributed by atoms with Crippen molar-refractivity contribution in [3.8, 4) is 0 Å². The van der Waals surface area contributed by atoms with Gasteiger partial charge in [-0.2, -0.15) is 13.2 Å². The van der Waals surface area contributed by atoms with Gasteiger partial charge >= 0.3 is 6.18 Å². The van der Waals surface area contributed by atoms with E-state index in [0.717, 1.165) is 12.5 Å². The van der Waals surface area contributed by atoms with Crippen LogP contribution in [0.5, 0.6) is 0 Å². The molecule has 206 valence electrons. The molecule has 1 aromatic carbocycles. The lowest BCUT2D eigenvalue weighted by molar-refractivity contribution is -0.160. The van der Waals surface area contributed by atoms with Gasteiger partial charge in [-0.25, -0.2) is 18.8 Å². The number of benzene rings is 1. The van der Waals surface area contributed by atoms with E-state index in [1.54, 1.807) is 6.07 Å². The number of hydrogen-bond acceptors (Lipinski definition) is 6. The first-order valence-electron chi connectivity index (χ1n) is 11.5. The van der Waals surface area contributed by atoms with Crippen molar-refractivity contribution in [3.63, 3.8) is 0 Å². The van der Waals surface area contributed by atoms with Crippen molar-refractivity contribution in [1.82, 2.24) is 14.5 Å². The third-order valence-corrected chi connectivity index (χ3v) is 6.94. The number of anilines is 1. The van der Waals surface area contributed by atoms with E-state index in [9.17, 15) is 31.5 Å². The molecule has 1 saturated carbocycles. The van der Waals surface area contributed by atoms with Crippen molar-refractivity contribution in [1.29, 1.82) is 0 Å². The molecule has 0 saturated heterocycles. The number of halogens is 6. The van der Waals surface area contributed by atoms with Gasteiger partial charge in [-0.05, 0) is 18.1 Å². The predicted octanol–water partition coefficient (Wildman–Crippen LogP) is 4.14. The third kappa shape index (κ3) is 5.75. The molecule has 0 bridgehead atoms. The fourth-order valence-corrected chi connectivity index (χ4v) is 5.01. The molecule has 3 atom stereocenters. The Hall–Kier alpha value is -3.26. The maximum absolute atomic E-state index is 14.1. The number of methoxy groups -OCH3 is 1. The number of aliphatic imine (C=N–C) groups is 1. The zero-order valence-electron chi connectivity index (χ0n) is 20.0. The number of guanidine groups is 1. The van der Waals surface area contributed by atoms with Crippen LogP contribution in [0, 0.1) is 0 Å². The zero-order chi connectivity index (χ0) is 27.8. The minimum absolute atomic E-state index is 0.0160. The van der Waals surface area contributed by atoms with E-state index in [0.29, 0.717) is 10.1 Å². The highest BCUT2D eigenvalue weighted by molar-refractivity contribution is 6.34. The molecule has 1 fully saturated rings. The number of hydrogen-bond donors (Lipinski definition) is 2. The number of nitrogens with one attached hydrogen (secondary N) is 1. The molecule has 0 radical (unpaired) electrons. The molecule has 15 heteroatoms. The normalized spacial score (nSPS) is 23.8. The van der Waals surface area contributed by atoms with Crippen LogP contribution in [0.1, 0.15) is 47.8 Å². The van der Waals surface area contributed by atoms with Crippen LogP contribution >= 0.6 is 11.6 Å². The summed E-state index contributed by atoms with van der Waals surface area (Å²) in [5.41, 5.74) is 6.18. The molecule has 1 aliphatic carbocycles. The molecule has 2 aliphatic rings. The van der Waals surface area contributed by atoms with Gasteiger partial charge in [0.25, 0.3) is 11.8 Å². The Kier molecular flexibility index (Phi) is 7.66. The number of nitrogens with zero attached hydrogens (tertiary/aromatic N) is 4. The second kappa shape index (κ2) is 10.5. The molecule has 38 heavy (non-hydrogen) atoms. The lowest BCUT2D eigenvalue weighted by atomic mass is 9.88. The van der Waals surface area contributed by atoms with E-state index in [4.69, 9.17) is 22.1 Å². The quantitative estimate of drug-likeness (QED) is 0.514. The molecule has 1 aromatic heterocycles. The number of imidazole rings is 1. The number of carbonyl (C=O) groups excluding carboxylic acids is 2. The molecule has 2 aromatic rings. The van der Waals surface area contributed by atoms with Crippen LogP contribution in [0.2, 0.25) is 5.02 Å². The van der Waals surface area contributed by atoms with Gasteiger partial charge in [-0.1, -0.05) is 23.7 Å². The smallest absolute Gasteiger partial charge is 0.375 e. The second-order valence-corrected chi connectivity index (χ2v) is 9.45. The van der Waals surface area contributed by atoms with Gasteiger partial charge in [-0.15, -0.1) is 0 Å². The van der Waals surface area contributed by atoms with Crippen molar-refractivity contribution in [3.05, 3.63) is 47.0 Å². The highest BCUT2D eigenvalue weighted by Gasteiger charge is 2.48. The zero-order valence-corrected chi connectivity index (χ0v) is 20.8. The van der Waals surface area contributed by atoms with Crippen molar-refractivity contribution < 1.29 is 36.3 Å². The Balaban J connectivity index is 1.53. The highest BCUT2D eigenvalue weighted by atomic mass is 35.5. The van der Waals surface area contributed by atoms with Gasteiger partial charge in [0.05, 0.1) is 35.7 Å². The van der Waals surface area contributed by atoms with E-state index in [1.807, 2.05) is 0 Å². The highest BCUT2D eigenvalue weighted by Crippen LogP contribution is 2.40. The van der Waals surface area contributed by atoms with Crippen molar-refractivity contribution >= 4 is 35.1 Å². The Labute approximate surface area is 218 Å². The standard InChI is InChI=1S/C23H24ClF5N6O3/c1-38-17-7-12(5-6-22(17,25)26)35-18(36)8-15(33-21(35)30)13-3-2-4-14(19(13)24)32-20(37)16-9-31-11-34(16)10-23(27,28)29/h2-4,9,11-12,15,17H,5-8,10H2,1H3,(H2,30,33)(H,32,37). The van der Waals surface area contributed by atoms with Gasteiger partial charge < -0.3 is 20.4 Å². The molecular weight excluding hydrogens is 539 g/mol. The molecular formula is C23H24ClF5N6O3. The summed E-state index contributed by atoms with van der Waals surface area (Å²) in [6, 6.07) is 3.09. The first-order chi connectivity index (χ1) is 17.8. The molecule has 1 aliphatic heterocycles. The maximum atomic E-state index is 14.1. The van der Waals surface area contributed by atoms with Crippen LogP contribution in [0.3, 0.4) is 0 Å². The number of nitrogens with two attached hydrogens (primary N) is 1. The van der Waals surface area contributed by atoms with Crippen molar-refractivity contribution in [2.24, 2.45) is 10.7 Å². The summed E-state index contributed by atoms with van der Waals surface area (Å²) in [7, 11) is 1.18. The van der Waals surface area contributed by atoms with Crippen LogP contribution in [-0.4, -0.2) is 63.6 Å². The number of ether oxygens (including phenoxy) is 1. The van der Waals surface area contributed by atoms with Crippen LogP contribution in [0.4, 0.5) is 27.6 Å². The molecule has 2 amide bonds. The fraction of sp³-hybridized carbons (Fsp3) is 0.478. The summed E-state index contributed by atoms with van der Waals surface area (Å²) in [6.07, 6.45) is -4.76. The molecule has 2 heterocycles. The van der Waals surface area contributed by atoms with Crippen LogP contribution in [-0.2, 0) is 16.1 Å². The lowest BCUT2D eigenvalue weighted by Crippen LogP contribution is -2.56. The summed E-state index contributed by atoms with van der Waals surface area (Å²) < 4.78 is 72.1. The predicted molar refractivity (Wildman–Crippen MR) is 127 cm³/mol. The van der Waals surface area contributed by atoms with Gasteiger partial charge in [0.15, 0.2) is 5.96 Å². The average molecular weight is 563 g/mol. The summed E-state index contributed by atoms with van der Waals surface area (Å²) in [5.74, 6) is -4.48. The number of rotatable bonds is 6. The first kappa shape index (κ1) is 27.8. The minimum Gasteiger partial charge on any atom is -0.375 e. The molecule has 0 spiro atoms. The number of carbonyl (C=O) groups is 2. The Morgan fingerprint density at radius 2 is 2.08 bits per heavy atom. The summed E-state index contributed by atoms with van der Waals surface area (Å²) in [5, 5.41) is 2.48. The van der Waals surface area contributed by atoms with Gasteiger partial charge in [0.2, 0.25) is 5.91 Å². The van der Waals surface area contributed by atoms with E-state index in [-0.39, 0.29) is 41.6 Å². The van der Waals surface area contributed by atoms with Gasteiger partial charge in [0, 0.05) is 26.0 Å². The Morgan fingerprint density at radius 1 is 1.34 bits per heavy atom. The largest absolute Gasteiger partial charge is 0.406 e. The minimum atomic E-state index is -4.56.